The molecule has 0 radical (unpaired) electrons. The molecule has 0 saturated heterocycles. The molecule has 2 atom stereocenters. The van der Waals surface area contributed by atoms with Crippen LogP contribution in [0.15, 0.2) is 0 Å². The monoisotopic (exact) mass is 254 g/mol. The van der Waals surface area contributed by atoms with E-state index in [2.05, 4.69) is 24.5 Å². The van der Waals surface area contributed by atoms with E-state index in [1.54, 1.807) is 0 Å². The fraction of sp³-hybridized carbons (Fsp3) is 0.933. The number of hydrogen-bond acceptors (Lipinski definition) is 2. The third-order valence-electron chi connectivity index (χ3n) is 3.72. The first-order valence-electron chi connectivity index (χ1n) is 7.32. The molecular formula is C15H30N2O. The van der Waals surface area contributed by atoms with Crippen LogP contribution >= 0.6 is 0 Å². The zero-order chi connectivity index (χ0) is 13.8. The van der Waals surface area contributed by atoms with Crippen LogP contribution in [0, 0.1) is 11.8 Å². The summed E-state index contributed by atoms with van der Waals surface area (Å²) in [7, 11) is 0. The molecule has 0 bridgehead atoms. The van der Waals surface area contributed by atoms with Crippen molar-refractivity contribution in [1.29, 1.82) is 0 Å². The molecule has 0 spiro atoms. The maximum absolute atomic E-state index is 11.7. The van der Waals surface area contributed by atoms with E-state index in [0.29, 0.717) is 12.6 Å². The van der Waals surface area contributed by atoms with Gasteiger partial charge in [0.25, 0.3) is 0 Å². The molecule has 2 N–H and O–H groups in total. The summed E-state index contributed by atoms with van der Waals surface area (Å²) in [5.41, 5.74) is -0.133. The first-order valence-corrected chi connectivity index (χ1v) is 7.32. The molecule has 106 valence electrons. The Morgan fingerprint density at radius 3 is 2.50 bits per heavy atom. The van der Waals surface area contributed by atoms with E-state index in [0.717, 1.165) is 11.8 Å². The lowest BCUT2D eigenvalue weighted by atomic mass is 9.79. The standard InChI is InChI=1S/C15H30N2O/c1-11(2)12-7-6-8-13(9-12)16-10-14(18)17-15(3,4)5/h11-13,16H,6-10H2,1-5H3,(H,17,18). The molecule has 1 rings (SSSR count). The van der Waals surface area contributed by atoms with Gasteiger partial charge in [-0.1, -0.05) is 26.7 Å². The molecule has 1 aliphatic carbocycles. The molecule has 0 aromatic carbocycles. The first kappa shape index (κ1) is 15.5. The first-order chi connectivity index (χ1) is 8.28. The van der Waals surface area contributed by atoms with Crippen LogP contribution < -0.4 is 10.6 Å². The topological polar surface area (TPSA) is 41.1 Å². The fourth-order valence-electron chi connectivity index (χ4n) is 2.72. The van der Waals surface area contributed by atoms with Gasteiger partial charge >= 0.3 is 0 Å². The number of carbonyl (C=O) groups is 1. The number of rotatable bonds is 4. The van der Waals surface area contributed by atoms with Gasteiger partial charge in [0.05, 0.1) is 6.54 Å². The summed E-state index contributed by atoms with van der Waals surface area (Å²) in [6.07, 6.45) is 5.08. The molecule has 1 saturated carbocycles. The Labute approximate surface area is 112 Å². The molecule has 3 heteroatoms. The van der Waals surface area contributed by atoms with Gasteiger partial charge in [-0.15, -0.1) is 0 Å². The summed E-state index contributed by atoms with van der Waals surface area (Å²) in [4.78, 5) is 11.7. The number of carbonyl (C=O) groups excluding carboxylic acids is 1. The quantitative estimate of drug-likeness (QED) is 0.810. The summed E-state index contributed by atoms with van der Waals surface area (Å²) in [6, 6.07) is 0.525. The van der Waals surface area contributed by atoms with Crippen LogP contribution in [0.5, 0.6) is 0 Å². The predicted octanol–water partition coefficient (Wildman–Crippen LogP) is 2.71. The Hall–Kier alpha value is -0.570. The predicted molar refractivity (Wildman–Crippen MR) is 76.5 cm³/mol. The zero-order valence-electron chi connectivity index (χ0n) is 12.7. The lowest BCUT2D eigenvalue weighted by Crippen LogP contribution is -2.47. The minimum absolute atomic E-state index is 0.106. The second-order valence-electron chi connectivity index (χ2n) is 7.05. The van der Waals surface area contributed by atoms with Crippen LogP contribution in [0.4, 0.5) is 0 Å². The Bertz CT molecular complexity index is 268. The maximum Gasteiger partial charge on any atom is 0.234 e. The Balaban J connectivity index is 2.28. The van der Waals surface area contributed by atoms with Crippen molar-refractivity contribution in [2.45, 2.75) is 71.9 Å². The smallest absolute Gasteiger partial charge is 0.234 e. The molecular weight excluding hydrogens is 224 g/mol. The molecule has 1 aliphatic rings. The van der Waals surface area contributed by atoms with E-state index in [9.17, 15) is 4.79 Å². The van der Waals surface area contributed by atoms with Gasteiger partial charge in [0.2, 0.25) is 5.91 Å². The van der Waals surface area contributed by atoms with Gasteiger partial charge in [-0.2, -0.15) is 0 Å². The lowest BCUT2D eigenvalue weighted by molar-refractivity contribution is -0.121. The molecule has 3 nitrogen and oxygen atoms in total. The van der Waals surface area contributed by atoms with E-state index in [4.69, 9.17) is 0 Å². The van der Waals surface area contributed by atoms with Crippen molar-refractivity contribution >= 4 is 5.91 Å². The maximum atomic E-state index is 11.7. The van der Waals surface area contributed by atoms with Gasteiger partial charge in [0, 0.05) is 11.6 Å². The molecule has 18 heavy (non-hydrogen) atoms. The second-order valence-corrected chi connectivity index (χ2v) is 7.05. The van der Waals surface area contributed by atoms with Crippen LogP contribution in [0.2, 0.25) is 0 Å². The van der Waals surface area contributed by atoms with E-state index in [-0.39, 0.29) is 11.4 Å². The summed E-state index contributed by atoms with van der Waals surface area (Å²) in [5.74, 6) is 1.69. The van der Waals surface area contributed by atoms with Gasteiger partial charge in [-0.05, 0) is 45.4 Å². The highest BCUT2D eigenvalue weighted by molar-refractivity contribution is 5.78. The zero-order valence-corrected chi connectivity index (χ0v) is 12.7. The normalized spacial score (nSPS) is 25.2. The Morgan fingerprint density at radius 1 is 1.28 bits per heavy atom. The average molecular weight is 254 g/mol. The third kappa shape index (κ3) is 5.85. The van der Waals surface area contributed by atoms with E-state index < -0.39 is 0 Å². The summed E-state index contributed by atoms with van der Waals surface area (Å²) in [5, 5.41) is 6.41. The van der Waals surface area contributed by atoms with Crippen molar-refractivity contribution in [1.82, 2.24) is 10.6 Å². The fourth-order valence-corrected chi connectivity index (χ4v) is 2.72. The van der Waals surface area contributed by atoms with Crippen LogP contribution in [0.1, 0.15) is 60.3 Å². The van der Waals surface area contributed by atoms with Crippen molar-refractivity contribution in [3.8, 4) is 0 Å². The van der Waals surface area contributed by atoms with E-state index >= 15 is 0 Å². The van der Waals surface area contributed by atoms with Crippen molar-refractivity contribution in [3.63, 3.8) is 0 Å². The van der Waals surface area contributed by atoms with Crippen LogP contribution in [-0.4, -0.2) is 24.0 Å². The lowest BCUT2D eigenvalue weighted by Gasteiger charge is -2.32. The minimum Gasteiger partial charge on any atom is -0.350 e. The van der Waals surface area contributed by atoms with Crippen molar-refractivity contribution in [3.05, 3.63) is 0 Å². The third-order valence-corrected chi connectivity index (χ3v) is 3.72. The van der Waals surface area contributed by atoms with Gasteiger partial charge in [0.15, 0.2) is 0 Å². The molecule has 0 aromatic rings. The summed E-state index contributed by atoms with van der Waals surface area (Å²) in [6.45, 7) is 11.1. The Kier molecular flexibility index (Phi) is 5.64. The second kappa shape index (κ2) is 6.55. The molecule has 0 heterocycles. The van der Waals surface area contributed by atoms with Crippen LogP contribution in [0.25, 0.3) is 0 Å². The van der Waals surface area contributed by atoms with Crippen molar-refractivity contribution in [2.75, 3.05) is 6.54 Å². The van der Waals surface area contributed by atoms with Gasteiger partial charge in [-0.25, -0.2) is 0 Å². The minimum atomic E-state index is -0.133. The van der Waals surface area contributed by atoms with Crippen molar-refractivity contribution < 1.29 is 4.79 Å². The highest BCUT2D eigenvalue weighted by atomic mass is 16.2. The van der Waals surface area contributed by atoms with E-state index in [1.807, 2.05) is 20.8 Å². The van der Waals surface area contributed by atoms with Crippen molar-refractivity contribution in [2.24, 2.45) is 11.8 Å². The van der Waals surface area contributed by atoms with Gasteiger partial charge in [0.1, 0.15) is 0 Å². The largest absolute Gasteiger partial charge is 0.350 e. The molecule has 0 aromatic heterocycles. The van der Waals surface area contributed by atoms with Gasteiger partial charge < -0.3 is 10.6 Å². The molecule has 2 unspecified atom stereocenters. The van der Waals surface area contributed by atoms with Crippen LogP contribution in [-0.2, 0) is 4.79 Å². The average Bonchev–Trinajstić information content (AvgIpc) is 2.24. The summed E-state index contributed by atoms with van der Waals surface area (Å²) < 4.78 is 0. The van der Waals surface area contributed by atoms with Crippen LogP contribution in [0.3, 0.4) is 0 Å². The van der Waals surface area contributed by atoms with Gasteiger partial charge in [-0.3, -0.25) is 4.79 Å². The number of nitrogens with one attached hydrogen (secondary N) is 2. The summed E-state index contributed by atoms with van der Waals surface area (Å²) >= 11 is 0. The SMILES string of the molecule is CC(C)C1CCCC(NCC(=O)NC(C)(C)C)C1. The highest BCUT2D eigenvalue weighted by Gasteiger charge is 2.24. The molecule has 1 amide bonds. The highest BCUT2D eigenvalue weighted by Crippen LogP contribution is 2.29. The number of amides is 1. The molecule has 0 aliphatic heterocycles. The van der Waals surface area contributed by atoms with E-state index in [1.165, 1.54) is 25.7 Å². The molecule has 1 fully saturated rings. The Morgan fingerprint density at radius 2 is 1.94 bits per heavy atom. The number of hydrogen-bond donors (Lipinski definition) is 2.